The fourth-order valence-electron chi connectivity index (χ4n) is 1.98. The molecule has 2 N–H and O–H groups in total. The molecule has 6 nitrogen and oxygen atoms in total. The zero-order valence-electron chi connectivity index (χ0n) is 11.9. The van der Waals surface area contributed by atoms with E-state index in [4.69, 9.17) is 22.0 Å². The highest BCUT2D eigenvalue weighted by atomic mass is 35.5. The quantitative estimate of drug-likeness (QED) is 0.881. The average molecular weight is 351 g/mol. The van der Waals surface area contributed by atoms with Crippen molar-refractivity contribution in [3.05, 3.63) is 58.1 Å². The van der Waals surface area contributed by atoms with Gasteiger partial charge in [0.25, 0.3) is 10.0 Å². The highest BCUT2D eigenvalue weighted by Crippen LogP contribution is 2.24. The SMILES string of the molecule is Cc1cc(C#N)ccc1S(=O)(=O)Nc1ccc(C(=O)O)c(Cl)c1. The van der Waals surface area contributed by atoms with Crippen LogP contribution in [0.25, 0.3) is 0 Å². The Kier molecular flexibility index (Phi) is 4.59. The van der Waals surface area contributed by atoms with Gasteiger partial charge >= 0.3 is 5.97 Å². The zero-order valence-corrected chi connectivity index (χ0v) is 13.4. The van der Waals surface area contributed by atoms with Crippen molar-refractivity contribution in [1.82, 2.24) is 0 Å². The van der Waals surface area contributed by atoms with Crippen molar-refractivity contribution in [2.75, 3.05) is 4.72 Å². The minimum atomic E-state index is -3.88. The van der Waals surface area contributed by atoms with Crippen LogP contribution < -0.4 is 4.72 Å². The second-order valence-electron chi connectivity index (χ2n) is 4.70. The maximum absolute atomic E-state index is 12.4. The summed E-state index contributed by atoms with van der Waals surface area (Å²) in [5.74, 6) is -1.20. The van der Waals surface area contributed by atoms with Gasteiger partial charge in [-0.3, -0.25) is 4.72 Å². The van der Waals surface area contributed by atoms with Crippen LogP contribution in [0.2, 0.25) is 5.02 Å². The van der Waals surface area contributed by atoms with Crippen molar-refractivity contribution in [3.8, 4) is 6.07 Å². The predicted octanol–water partition coefficient (Wildman–Crippen LogP) is 3.02. The third kappa shape index (κ3) is 3.62. The first-order valence-corrected chi connectivity index (χ1v) is 8.17. The lowest BCUT2D eigenvalue weighted by atomic mass is 10.2. The molecule has 0 aliphatic carbocycles. The Labute approximate surface area is 138 Å². The third-order valence-corrected chi connectivity index (χ3v) is 4.90. The first-order chi connectivity index (χ1) is 10.7. The van der Waals surface area contributed by atoms with Gasteiger partial charge in [0, 0.05) is 0 Å². The minimum absolute atomic E-state index is 0.0231. The molecule has 0 spiro atoms. The van der Waals surface area contributed by atoms with Crippen molar-refractivity contribution in [2.45, 2.75) is 11.8 Å². The van der Waals surface area contributed by atoms with Gasteiger partial charge in [-0.05, 0) is 48.9 Å². The number of anilines is 1. The first kappa shape index (κ1) is 16.8. The molecule has 2 rings (SSSR count). The van der Waals surface area contributed by atoms with Gasteiger partial charge in [-0.2, -0.15) is 5.26 Å². The van der Waals surface area contributed by atoms with Crippen LogP contribution in [0.15, 0.2) is 41.3 Å². The number of nitriles is 1. The third-order valence-electron chi connectivity index (χ3n) is 3.05. The summed E-state index contributed by atoms with van der Waals surface area (Å²) < 4.78 is 27.1. The number of sulfonamides is 1. The number of hydrogen-bond acceptors (Lipinski definition) is 4. The maximum Gasteiger partial charge on any atom is 0.337 e. The second kappa shape index (κ2) is 6.28. The standard InChI is InChI=1S/C15H11ClN2O4S/c1-9-6-10(8-17)2-5-14(9)23(21,22)18-11-3-4-12(15(19)20)13(16)7-11/h2-7,18H,1H3,(H,19,20). The molecule has 0 bridgehead atoms. The van der Waals surface area contributed by atoms with Crippen LogP contribution in [0.3, 0.4) is 0 Å². The molecule has 0 fully saturated rings. The smallest absolute Gasteiger partial charge is 0.337 e. The van der Waals surface area contributed by atoms with E-state index < -0.39 is 16.0 Å². The highest BCUT2D eigenvalue weighted by molar-refractivity contribution is 7.92. The van der Waals surface area contributed by atoms with Crippen LogP contribution in [0, 0.1) is 18.3 Å². The number of halogens is 1. The summed E-state index contributed by atoms with van der Waals surface area (Å²) >= 11 is 5.82. The Balaban J connectivity index is 2.37. The Hall–Kier alpha value is -2.56. The second-order valence-corrected chi connectivity index (χ2v) is 6.76. The molecule has 0 saturated heterocycles. The molecule has 0 atom stereocenters. The molecule has 0 heterocycles. The Bertz CT molecular complexity index is 933. The van der Waals surface area contributed by atoms with E-state index in [1.54, 1.807) is 6.92 Å². The van der Waals surface area contributed by atoms with Crippen LogP contribution >= 0.6 is 11.6 Å². The topological polar surface area (TPSA) is 107 Å². The van der Waals surface area contributed by atoms with Crippen molar-refractivity contribution >= 4 is 33.3 Å². The molecule has 23 heavy (non-hydrogen) atoms. The maximum atomic E-state index is 12.4. The lowest BCUT2D eigenvalue weighted by Crippen LogP contribution is -2.14. The number of hydrogen-bond donors (Lipinski definition) is 2. The molecule has 0 saturated carbocycles. The number of carbonyl (C=O) groups is 1. The summed E-state index contributed by atoms with van der Waals surface area (Å²) in [5.41, 5.74) is 0.799. The highest BCUT2D eigenvalue weighted by Gasteiger charge is 2.18. The van der Waals surface area contributed by atoms with Gasteiger partial charge in [-0.15, -0.1) is 0 Å². The van der Waals surface area contributed by atoms with Crippen LogP contribution in [0.5, 0.6) is 0 Å². The van der Waals surface area contributed by atoms with Crippen molar-refractivity contribution in [3.63, 3.8) is 0 Å². The fraction of sp³-hybridized carbons (Fsp3) is 0.0667. The Morgan fingerprint density at radius 3 is 2.48 bits per heavy atom. The van der Waals surface area contributed by atoms with E-state index >= 15 is 0 Å². The molecule has 0 aromatic heterocycles. The van der Waals surface area contributed by atoms with Crippen LogP contribution in [-0.2, 0) is 10.0 Å². The van der Waals surface area contributed by atoms with Gasteiger partial charge in [0.15, 0.2) is 0 Å². The van der Waals surface area contributed by atoms with Gasteiger partial charge < -0.3 is 5.11 Å². The molecular weight excluding hydrogens is 340 g/mol. The summed E-state index contributed by atoms with van der Waals surface area (Å²) in [6.07, 6.45) is 0. The van der Waals surface area contributed by atoms with Crippen molar-refractivity contribution in [1.29, 1.82) is 5.26 Å². The van der Waals surface area contributed by atoms with Crippen LogP contribution in [-0.4, -0.2) is 19.5 Å². The van der Waals surface area contributed by atoms with E-state index in [0.717, 1.165) is 0 Å². The molecule has 8 heteroatoms. The van der Waals surface area contributed by atoms with Gasteiger partial charge in [0.05, 0.1) is 32.8 Å². The van der Waals surface area contributed by atoms with Gasteiger partial charge in [-0.25, -0.2) is 13.2 Å². The monoisotopic (exact) mass is 350 g/mol. The molecule has 0 amide bonds. The molecule has 0 aliphatic heterocycles. The Morgan fingerprint density at radius 1 is 1.26 bits per heavy atom. The van der Waals surface area contributed by atoms with Crippen LogP contribution in [0.1, 0.15) is 21.5 Å². The summed E-state index contributed by atoms with van der Waals surface area (Å²) in [6, 6.07) is 9.89. The number of aromatic carboxylic acids is 1. The van der Waals surface area contributed by atoms with E-state index in [0.29, 0.717) is 11.1 Å². The largest absolute Gasteiger partial charge is 0.478 e. The summed E-state index contributed by atoms with van der Waals surface area (Å²) in [4.78, 5) is 10.9. The van der Waals surface area contributed by atoms with Gasteiger partial charge in [0.1, 0.15) is 0 Å². The van der Waals surface area contributed by atoms with E-state index in [-0.39, 0.29) is 21.2 Å². The number of rotatable bonds is 4. The molecule has 118 valence electrons. The summed E-state index contributed by atoms with van der Waals surface area (Å²) in [5, 5.41) is 17.6. The van der Waals surface area contributed by atoms with Crippen molar-refractivity contribution in [2.24, 2.45) is 0 Å². The number of carboxylic acid groups (broad SMARTS) is 1. The summed E-state index contributed by atoms with van der Waals surface area (Å²) in [6.45, 7) is 1.58. The predicted molar refractivity (Wildman–Crippen MR) is 85.1 cm³/mol. The zero-order chi connectivity index (χ0) is 17.2. The molecule has 2 aromatic carbocycles. The molecule has 2 aromatic rings. The number of carboxylic acids is 1. The van der Waals surface area contributed by atoms with Crippen LogP contribution in [0.4, 0.5) is 5.69 Å². The fourth-order valence-corrected chi connectivity index (χ4v) is 3.52. The molecule has 0 aliphatic rings. The molecule has 0 radical (unpaired) electrons. The lowest BCUT2D eigenvalue weighted by Gasteiger charge is -2.11. The molecular formula is C15H11ClN2O4S. The minimum Gasteiger partial charge on any atom is -0.478 e. The van der Waals surface area contributed by atoms with E-state index in [9.17, 15) is 13.2 Å². The van der Waals surface area contributed by atoms with E-state index in [1.165, 1.54) is 36.4 Å². The first-order valence-electron chi connectivity index (χ1n) is 6.31. The lowest BCUT2D eigenvalue weighted by molar-refractivity contribution is 0.0697. The Morgan fingerprint density at radius 2 is 1.96 bits per heavy atom. The van der Waals surface area contributed by atoms with Gasteiger partial charge in [0.2, 0.25) is 0 Å². The number of nitrogens with zero attached hydrogens (tertiary/aromatic N) is 1. The van der Waals surface area contributed by atoms with Gasteiger partial charge in [-0.1, -0.05) is 11.6 Å². The number of benzene rings is 2. The normalized spacial score (nSPS) is 10.8. The average Bonchev–Trinajstić information content (AvgIpc) is 2.45. The number of aryl methyl sites for hydroxylation is 1. The number of nitrogens with one attached hydrogen (secondary N) is 1. The van der Waals surface area contributed by atoms with Crippen molar-refractivity contribution < 1.29 is 18.3 Å². The van der Waals surface area contributed by atoms with E-state index in [1.807, 2.05) is 6.07 Å². The molecule has 0 unspecified atom stereocenters. The summed E-state index contributed by atoms with van der Waals surface area (Å²) in [7, 11) is -3.88. The van der Waals surface area contributed by atoms with E-state index in [2.05, 4.69) is 4.72 Å².